The fourth-order valence-corrected chi connectivity index (χ4v) is 4.18. The topological polar surface area (TPSA) is 96.9 Å². The van der Waals surface area contributed by atoms with E-state index in [-0.39, 0.29) is 12.7 Å². The summed E-state index contributed by atoms with van der Waals surface area (Å²) in [7, 11) is 0. The molecule has 0 bridgehead atoms. The summed E-state index contributed by atoms with van der Waals surface area (Å²) in [4.78, 5) is 19.1. The first-order valence-corrected chi connectivity index (χ1v) is 11.1. The van der Waals surface area contributed by atoms with Gasteiger partial charge in [0.25, 0.3) is 0 Å². The fourth-order valence-electron chi connectivity index (χ4n) is 4.18. The number of ether oxygens (including phenoxy) is 1. The maximum Gasteiger partial charge on any atom is 0.414 e. The third-order valence-electron chi connectivity index (χ3n) is 5.92. The van der Waals surface area contributed by atoms with E-state index in [9.17, 15) is 4.79 Å². The number of benzene rings is 2. The second-order valence-electron chi connectivity index (χ2n) is 7.90. The number of nitrogens with zero attached hydrogens (tertiary/aromatic N) is 5. The molecule has 0 radical (unpaired) electrons. The molecule has 8 nitrogen and oxygen atoms in total. The number of hydrogen-bond acceptors (Lipinski definition) is 6. The Morgan fingerprint density at radius 1 is 1.03 bits per heavy atom. The molecule has 4 aromatic rings. The van der Waals surface area contributed by atoms with Crippen molar-refractivity contribution in [2.24, 2.45) is 0 Å². The molecule has 1 aliphatic rings. The number of fused-ring (bicyclic) bond motifs is 1. The fraction of sp³-hybridized carbons (Fsp3) is 0.240. The van der Waals surface area contributed by atoms with Gasteiger partial charge in [-0.25, -0.2) is 9.89 Å². The summed E-state index contributed by atoms with van der Waals surface area (Å²) in [5, 5.41) is 14.2. The summed E-state index contributed by atoms with van der Waals surface area (Å²) < 4.78 is 5.48. The molecule has 3 heterocycles. The number of aromatic nitrogens is 5. The molecule has 0 saturated carbocycles. The molecule has 1 amide bonds. The van der Waals surface area contributed by atoms with Crippen LogP contribution in [0.4, 0.5) is 10.5 Å². The highest BCUT2D eigenvalue weighted by Crippen LogP contribution is 2.33. The number of cyclic esters (lactones) is 1. The lowest BCUT2D eigenvalue weighted by Crippen LogP contribution is -2.36. The van der Waals surface area contributed by atoms with Crippen LogP contribution in [-0.4, -0.2) is 31.7 Å². The van der Waals surface area contributed by atoms with Crippen LogP contribution in [-0.2, 0) is 30.7 Å². The lowest BCUT2D eigenvalue weighted by atomic mass is 9.98. The Bertz CT molecular complexity index is 1290. The number of nitrogens with one attached hydrogen (secondary N) is 1. The maximum atomic E-state index is 12.7. The minimum absolute atomic E-state index is 0.275. The van der Waals surface area contributed by atoms with Crippen molar-refractivity contribution < 1.29 is 9.53 Å². The average Bonchev–Trinajstić information content (AvgIpc) is 3.40. The molecule has 2 aromatic heterocycles. The largest absolute Gasteiger partial charge is 0.444 e. The first kappa shape index (κ1) is 20.8. The van der Waals surface area contributed by atoms with Gasteiger partial charge in [0.15, 0.2) is 5.82 Å². The van der Waals surface area contributed by atoms with Crippen LogP contribution in [0.2, 0.25) is 0 Å². The summed E-state index contributed by atoms with van der Waals surface area (Å²) in [6, 6.07) is 18.2. The molecular weight excluding hydrogens is 416 g/mol. The second kappa shape index (κ2) is 8.82. The number of anilines is 1. The molecule has 0 fully saturated rings. The predicted octanol–water partition coefficient (Wildman–Crippen LogP) is 4.71. The van der Waals surface area contributed by atoms with Gasteiger partial charge in [-0.2, -0.15) is 0 Å². The molecule has 5 rings (SSSR count). The number of hydrogen-bond donors (Lipinski definition) is 1. The number of rotatable bonds is 6. The van der Waals surface area contributed by atoms with E-state index in [0.29, 0.717) is 12.4 Å². The van der Waals surface area contributed by atoms with E-state index in [1.807, 2.05) is 42.5 Å². The standard InChI is InChI=1S/C25H24N6O2/c1-3-18-13-23-21(22(4-2)26-18)15-33-25(32)31(23)14-16-9-11-17(12-10-16)19-7-5-6-8-20(19)24-27-29-30-28-24/h5-13H,3-4,14-15H2,1-2H3,(H,27,28,29,30). The van der Waals surface area contributed by atoms with Gasteiger partial charge in [0, 0.05) is 22.5 Å². The SMILES string of the molecule is CCc1cc2c(c(CC)n1)COC(=O)N2Cc1ccc(-c2ccccc2-c2nnn[nH]2)cc1. The third-order valence-corrected chi connectivity index (χ3v) is 5.92. The predicted molar refractivity (Wildman–Crippen MR) is 124 cm³/mol. The van der Waals surface area contributed by atoms with Crippen LogP contribution in [0.1, 0.15) is 36.4 Å². The summed E-state index contributed by atoms with van der Waals surface area (Å²) in [6.45, 7) is 4.85. The summed E-state index contributed by atoms with van der Waals surface area (Å²) in [5.74, 6) is 0.620. The zero-order chi connectivity index (χ0) is 22.8. The Kier molecular flexibility index (Phi) is 5.56. The molecule has 0 aliphatic carbocycles. The van der Waals surface area contributed by atoms with Crippen LogP contribution in [0.3, 0.4) is 0 Å². The summed E-state index contributed by atoms with van der Waals surface area (Å²) >= 11 is 0. The molecule has 0 spiro atoms. The van der Waals surface area contributed by atoms with Gasteiger partial charge in [-0.3, -0.25) is 9.88 Å². The van der Waals surface area contributed by atoms with Crippen molar-refractivity contribution in [2.45, 2.75) is 39.8 Å². The number of aromatic amines is 1. The second-order valence-corrected chi connectivity index (χ2v) is 7.90. The van der Waals surface area contributed by atoms with E-state index >= 15 is 0 Å². The maximum absolute atomic E-state index is 12.7. The van der Waals surface area contributed by atoms with E-state index in [2.05, 4.69) is 46.6 Å². The Balaban J connectivity index is 1.45. The van der Waals surface area contributed by atoms with Crippen LogP contribution in [0.5, 0.6) is 0 Å². The lowest BCUT2D eigenvalue weighted by molar-refractivity contribution is 0.141. The van der Waals surface area contributed by atoms with Crippen LogP contribution in [0.15, 0.2) is 54.6 Å². The van der Waals surface area contributed by atoms with Crippen LogP contribution in [0, 0.1) is 0 Å². The number of tetrazole rings is 1. The number of carbonyl (C=O) groups is 1. The Morgan fingerprint density at radius 3 is 2.52 bits per heavy atom. The van der Waals surface area contributed by atoms with Gasteiger partial charge in [0.05, 0.1) is 12.2 Å². The van der Waals surface area contributed by atoms with Crippen LogP contribution in [0.25, 0.3) is 22.5 Å². The van der Waals surface area contributed by atoms with Gasteiger partial charge < -0.3 is 4.74 Å². The van der Waals surface area contributed by atoms with Crippen molar-refractivity contribution in [1.29, 1.82) is 0 Å². The molecule has 0 unspecified atom stereocenters. The van der Waals surface area contributed by atoms with Crippen molar-refractivity contribution in [3.8, 4) is 22.5 Å². The number of amides is 1. The van der Waals surface area contributed by atoms with Gasteiger partial charge in [0.2, 0.25) is 0 Å². The van der Waals surface area contributed by atoms with E-state index < -0.39 is 0 Å². The van der Waals surface area contributed by atoms with Gasteiger partial charge >= 0.3 is 6.09 Å². The van der Waals surface area contributed by atoms with Crippen molar-refractivity contribution in [1.82, 2.24) is 25.6 Å². The number of aryl methyl sites for hydroxylation is 2. The Morgan fingerprint density at radius 2 is 1.82 bits per heavy atom. The lowest BCUT2D eigenvalue weighted by Gasteiger charge is -2.30. The zero-order valence-electron chi connectivity index (χ0n) is 18.6. The van der Waals surface area contributed by atoms with E-state index in [0.717, 1.165) is 57.7 Å². The number of pyridine rings is 1. The minimum Gasteiger partial charge on any atom is -0.444 e. The van der Waals surface area contributed by atoms with Crippen LogP contribution < -0.4 is 4.90 Å². The molecular formula is C25H24N6O2. The Labute approximate surface area is 191 Å². The van der Waals surface area contributed by atoms with Crippen molar-refractivity contribution in [3.05, 3.63) is 77.1 Å². The quantitative estimate of drug-likeness (QED) is 0.466. The zero-order valence-corrected chi connectivity index (χ0v) is 18.6. The van der Waals surface area contributed by atoms with E-state index in [1.54, 1.807) is 4.90 Å². The summed E-state index contributed by atoms with van der Waals surface area (Å²) in [5.41, 5.74) is 7.89. The highest BCUT2D eigenvalue weighted by molar-refractivity contribution is 5.90. The van der Waals surface area contributed by atoms with Gasteiger partial charge in [0.1, 0.15) is 6.61 Å². The molecule has 1 aliphatic heterocycles. The molecule has 2 aromatic carbocycles. The van der Waals surface area contributed by atoms with E-state index in [1.165, 1.54) is 0 Å². The number of H-pyrrole nitrogens is 1. The molecule has 1 N–H and O–H groups in total. The van der Waals surface area contributed by atoms with Crippen molar-refractivity contribution in [2.75, 3.05) is 4.90 Å². The van der Waals surface area contributed by atoms with Crippen LogP contribution >= 0.6 is 0 Å². The van der Waals surface area contributed by atoms with E-state index in [4.69, 9.17) is 9.72 Å². The highest BCUT2D eigenvalue weighted by atomic mass is 16.6. The minimum atomic E-state index is -0.329. The molecule has 0 atom stereocenters. The Hall–Kier alpha value is -4.07. The third kappa shape index (κ3) is 3.95. The first-order chi connectivity index (χ1) is 16.2. The number of carbonyl (C=O) groups excluding carboxylic acids is 1. The normalized spacial score (nSPS) is 13.0. The highest BCUT2D eigenvalue weighted by Gasteiger charge is 2.28. The monoisotopic (exact) mass is 440 g/mol. The van der Waals surface area contributed by atoms with Gasteiger partial charge in [-0.1, -0.05) is 62.4 Å². The smallest absolute Gasteiger partial charge is 0.414 e. The summed E-state index contributed by atoms with van der Waals surface area (Å²) in [6.07, 6.45) is 1.29. The molecule has 166 valence electrons. The first-order valence-electron chi connectivity index (χ1n) is 11.1. The average molecular weight is 441 g/mol. The molecule has 33 heavy (non-hydrogen) atoms. The van der Waals surface area contributed by atoms with Gasteiger partial charge in [-0.05, 0) is 46.0 Å². The van der Waals surface area contributed by atoms with Gasteiger partial charge in [-0.15, -0.1) is 5.10 Å². The van der Waals surface area contributed by atoms with Crippen molar-refractivity contribution in [3.63, 3.8) is 0 Å². The van der Waals surface area contributed by atoms with Crippen molar-refractivity contribution >= 4 is 11.8 Å². The molecule has 8 heteroatoms. The molecule has 0 saturated heterocycles.